The fourth-order valence-electron chi connectivity index (χ4n) is 1.71. The number of thiocarbonyl (C=S) groups is 1. The summed E-state index contributed by atoms with van der Waals surface area (Å²) in [6, 6.07) is 8.57. The van der Waals surface area contributed by atoms with Crippen molar-refractivity contribution in [3.05, 3.63) is 59.2 Å². The summed E-state index contributed by atoms with van der Waals surface area (Å²) in [7, 11) is 0. The molecule has 0 bridgehead atoms. The lowest BCUT2D eigenvalue weighted by Crippen LogP contribution is -2.12. The van der Waals surface area contributed by atoms with E-state index in [1.807, 2.05) is 19.1 Å². The van der Waals surface area contributed by atoms with Gasteiger partial charge < -0.3 is 11.1 Å². The van der Waals surface area contributed by atoms with Gasteiger partial charge in [-0.3, -0.25) is 4.98 Å². The summed E-state index contributed by atoms with van der Waals surface area (Å²) in [6.45, 7) is 2.53. The van der Waals surface area contributed by atoms with Gasteiger partial charge in [0, 0.05) is 17.4 Å². The highest BCUT2D eigenvalue weighted by molar-refractivity contribution is 7.80. The van der Waals surface area contributed by atoms with Gasteiger partial charge in [-0.2, -0.15) is 0 Å². The van der Waals surface area contributed by atoms with E-state index in [1.54, 1.807) is 18.3 Å². The maximum Gasteiger partial charge on any atom is 0.135 e. The Balaban J connectivity index is 2.11. The number of nitrogens with two attached hydrogens (primary N) is 1. The van der Waals surface area contributed by atoms with E-state index in [9.17, 15) is 4.39 Å². The molecule has 1 aromatic heterocycles. The number of hydrogen-bond acceptors (Lipinski definition) is 3. The Hall–Kier alpha value is -2.01. The van der Waals surface area contributed by atoms with E-state index in [4.69, 9.17) is 18.0 Å². The zero-order valence-electron chi connectivity index (χ0n) is 10.5. The molecule has 0 spiro atoms. The van der Waals surface area contributed by atoms with Gasteiger partial charge in [0.1, 0.15) is 10.8 Å². The Morgan fingerprint density at radius 2 is 2.21 bits per heavy atom. The summed E-state index contributed by atoms with van der Waals surface area (Å²) in [5.74, 6) is -0.421. The Morgan fingerprint density at radius 1 is 1.42 bits per heavy atom. The molecule has 1 aromatic carbocycles. The van der Waals surface area contributed by atoms with Gasteiger partial charge in [0.05, 0.1) is 12.2 Å². The quantitative estimate of drug-likeness (QED) is 0.842. The summed E-state index contributed by atoms with van der Waals surface area (Å²) in [4.78, 5) is 4.32. The van der Waals surface area contributed by atoms with E-state index in [0.29, 0.717) is 12.2 Å². The van der Waals surface area contributed by atoms with E-state index in [-0.39, 0.29) is 10.6 Å². The highest BCUT2D eigenvalue weighted by Crippen LogP contribution is 2.15. The third kappa shape index (κ3) is 3.26. The first-order valence-corrected chi connectivity index (χ1v) is 6.22. The number of nitrogens with one attached hydrogen (secondary N) is 1. The fourth-order valence-corrected chi connectivity index (χ4v) is 1.88. The van der Waals surface area contributed by atoms with E-state index in [2.05, 4.69) is 10.3 Å². The Kier molecular flexibility index (Phi) is 4.06. The molecule has 0 aliphatic heterocycles. The normalized spacial score (nSPS) is 10.2. The first-order chi connectivity index (χ1) is 9.08. The maximum atomic E-state index is 13.7. The molecule has 3 N–H and O–H groups in total. The standard InChI is InChI=1S/C14H14FN3S/c1-9-3-2-6-17-13(9)8-18-10-4-5-11(14(16)19)12(15)7-10/h2-7,18H,8H2,1H3,(H2,16,19). The van der Waals surface area contributed by atoms with Gasteiger partial charge in [-0.25, -0.2) is 4.39 Å². The third-order valence-electron chi connectivity index (χ3n) is 2.81. The van der Waals surface area contributed by atoms with Crippen molar-refractivity contribution in [2.45, 2.75) is 13.5 Å². The van der Waals surface area contributed by atoms with Crippen molar-refractivity contribution < 1.29 is 4.39 Å². The van der Waals surface area contributed by atoms with E-state index in [0.717, 1.165) is 11.3 Å². The largest absolute Gasteiger partial charge is 0.389 e. The van der Waals surface area contributed by atoms with E-state index in [1.165, 1.54) is 6.07 Å². The van der Waals surface area contributed by atoms with Gasteiger partial charge in [-0.15, -0.1) is 0 Å². The molecule has 0 atom stereocenters. The molecule has 2 rings (SSSR count). The minimum absolute atomic E-state index is 0.0598. The molecule has 5 heteroatoms. The number of nitrogens with zero attached hydrogens (tertiary/aromatic N) is 1. The van der Waals surface area contributed by atoms with Crippen LogP contribution in [0.4, 0.5) is 10.1 Å². The van der Waals surface area contributed by atoms with Crippen molar-refractivity contribution in [3.63, 3.8) is 0 Å². The van der Waals surface area contributed by atoms with Gasteiger partial charge in [-0.1, -0.05) is 18.3 Å². The van der Waals surface area contributed by atoms with Crippen LogP contribution < -0.4 is 11.1 Å². The lowest BCUT2D eigenvalue weighted by molar-refractivity contribution is 0.626. The predicted molar refractivity (Wildman–Crippen MR) is 78.6 cm³/mol. The van der Waals surface area contributed by atoms with Crippen molar-refractivity contribution >= 4 is 22.9 Å². The van der Waals surface area contributed by atoms with Gasteiger partial charge in [-0.05, 0) is 36.8 Å². The maximum absolute atomic E-state index is 13.7. The molecule has 3 nitrogen and oxygen atoms in total. The van der Waals surface area contributed by atoms with Crippen LogP contribution in [0.2, 0.25) is 0 Å². The molecule has 98 valence electrons. The van der Waals surface area contributed by atoms with Crippen LogP contribution in [0, 0.1) is 12.7 Å². The second-order valence-electron chi connectivity index (χ2n) is 4.18. The number of rotatable bonds is 4. The summed E-state index contributed by atoms with van der Waals surface area (Å²) >= 11 is 4.76. The molecule has 2 aromatic rings. The lowest BCUT2D eigenvalue weighted by atomic mass is 10.2. The van der Waals surface area contributed by atoms with E-state index < -0.39 is 5.82 Å². The van der Waals surface area contributed by atoms with Crippen molar-refractivity contribution in [2.24, 2.45) is 5.73 Å². The van der Waals surface area contributed by atoms with Crippen LogP contribution >= 0.6 is 12.2 Å². The van der Waals surface area contributed by atoms with E-state index >= 15 is 0 Å². The summed E-state index contributed by atoms with van der Waals surface area (Å²) in [5.41, 5.74) is 8.36. The Bertz CT molecular complexity index is 613. The topological polar surface area (TPSA) is 50.9 Å². The molecule has 0 unspecified atom stereocenters. The Morgan fingerprint density at radius 3 is 2.84 bits per heavy atom. The molecule has 19 heavy (non-hydrogen) atoms. The molecule has 0 fully saturated rings. The third-order valence-corrected chi connectivity index (χ3v) is 3.03. The summed E-state index contributed by atoms with van der Waals surface area (Å²) in [5, 5.41) is 3.12. The van der Waals surface area contributed by atoms with Crippen LogP contribution in [0.1, 0.15) is 16.8 Å². The molecule has 0 amide bonds. The van der Waals surface area contributed by atoms with Crippen LogP contribution in [0.25, 0.3) is 0 Å². The van der Waals surface area contributed by atoms with Crippen molar-refractivity contribution in [1.82, 2.24) is 4.98 Å². The van der Waals surface area contributed by atoms with Crippen LogP contribution in [0.15, 0.2) is 36.5 Å². The van der Waals surface area contributed by atoms with Crippen molar-refractivity contribution in [3.8, 4) is 0 Å². The number of aromatic nitrogens is 1. The van der Waals surface area contributed by atoms with Crippen LogP contribution in [-0.2, 0) is 6.54 Å². The molecule has 0 aliphatic rings. The summed E-state index contributed by atoms with van der Waals surface area (Å²) < 4.78 is 13.7. The number of aryl methyl sites for hydroxylation is 1. The Labute approximate surface area is 116 Å². The average molecular weight is 275 g/mol. The molecular formula is C14H14FN3S. The number of halogens is 1. The van der Waals surface area contributed by atoms with Gasteiger partial charge in [0.15, 0.2) is 0 Å². The predicted octanol–water partition coefficient (Wildman–Crippen LogP) is 2.78. The molecule has 0 aliphatic carbocycles. The van der Waals surface area contributed by atoms with Gasteiger partial charge >= 0.3 is 0 Å². The second-order valence-corrected chi connectivity index (χ2v) is 4.62. The highest BCUT2D eigenvalue weighted by atomic mass is 32.1. The average Bonchev–Trinajstić information content (AvgIpc) is 2.37. The van der Waals surface area contributed by atoms with Gasteiger partial charge in [0.25, 0.3) is 0 Å². The van der Waals surface area contributed by atoms with Crippen molar-refractivity contribution in [2.75, 3.05) is 5.32 Å². The minimum Gasteiger partial charge on any atom is -0.389 e. The molecule has 0 radical (unpaired) electrons. The van der Waals surface area contributed by atoms with Crippen molar-refractivity contribution in [1.29, 1.82) is 0 Å². The van der Waals surface area contributed by atoms with Crippen LogP contribution in [0.5, 0.6) is 0 Å². The first-order valence-electron chi connectivity index (χ1n) is 5.81. The zero-order chi connectivity index (χ0) is 13.8. The zero-order valence-corrected chi connectivity index (χ0v) is 11.3. The fraction of sp³-hybridized carbons (Fsp3) is 0.143. The first kappa shape index (κ1) is 13.4. The smallest absolute Gasteiger partial charge is 0.135 e. The highest BCUT2D eigenvalue weighted by Gasteiger charge is 2.06. The molecule has 0 saturated carbocycles. The molecule has 0 saturated heterocycles. The number of pyridine rings is 1. The lowest BCUT2D eigenvalue weighted by Gasteiger charge is -2.09. The van der Waals surface area contributed by atoms with Crippen LogP contribution in [-0.4, -0.2) is 9.97 Å². The summed E-state index contributed by atoms with van der Waals surface area (Å²) in [6.07, 6.45) is 1.74. The SMILES string of the molecule is Cc1cccnc1CNc1ccc(C(N)=S)c(F)c1. The number of benzene rings is 1. The number of hydrogen-bond donors (Lipinski definition) is 2. The number of anilines is 1. The second kappa shape index (κ2) is 5.75. The monoisotopic (exact) mass is 275 g/mol. The van der Waals surface area contributed by atoms with Crippen LogP contribution in [0.3, 0.4) is 0 Å². The molecule has 1 heterocycles. The molecular weight excluding hydrogens is 261 g/mol. The van der Waals surface area contributed by atoms with Gasteiger partial charge in [0.2, 0.25) is 0 Å². The minimum atomic E-state index is -0.421.